The molecule has 0 aliphatic carbocycles. The number of benzene rings is 1. The summed E-state index contributed by atoms with van der Waals surface area (Å²) >= 11 is 3.39. The van der Waals surface area contributed by atoms with Crippen molar-refractivity contribution >= 4 is 15.9 Å². The Hall–Kier alpha value is -2.01. The molecule has 18 heavy (non-hydrogen) atoms. The second-order valence-electron chi connectivity index (χ2n) is 3.67. The van der Waals surface area contributed by atoms with Gasteiger partial charge >= 0.3 is 0 Å². The average molecular weight is 302 g/mol. The highest BCUT2D eigenvalue weighted by Gasteiger charge is 2.10. The van der Waals surface area contributed by atoms with E-state index in [0.717, 1.165) is 15.6 Å². The van der Waals surface area contributed by atoms with Crippen molar-refractivity contribution in [2.75, 3.05) is 0 Å². The Morgan fingerprint density at radius 3 is 2.56 bits per heavy atom. The maximum atomic E-state index is 5.22. The molecule has 2 heterocycles. The highest BCUT2D eigenvalue weighted by atomic mass is 79.9. The number of aromatic nitrogens is 3. The minimum Gasteiger partial charge on any atom is -0.334 e. The highest BCUT2D eigenvalue weighted by Crippen LogP contribution is 2.22. The third-order valence-corrected chi connectivity index (χ3v) is 2.97. The fraction of sp³-hybridized carbons (Fsp3) is 0. The summed E-state index contributed by atoms with van der Waals surface area (Å²) in [5.74, 6) is 1.04. The lowest BCUT2D eigenvalue weighted by Crippen LogP contribution is -1.81. The van der Waals surface area contributed by atoms with Gasteiger partial charge in [0.05, 0.1) is 5.56 Å². The van der Waals surface area contributed by atoms with E-state index in [0.29, 0.717) is 11.7 Å². The first-order valence-electron chi connectivity index (χ1n) is 5.33. The van der Waals surface area contributed by atoms with E-state index in [-0.39, 0.29) is 0 Å². The molecule has 4 nitrogen and oxygen atoms in total. The van der Waals surface area contributed by atoms with Crippen LogP contribution in [0.5, 0.6) is 0 Å². The molecule has 0 spiro atoms. The molecule has 0 aliphatic heterocycles. The Labute approximate surface area is 112 Å². The van der Waals surface area contributed by atoms with Gasteiger partial charge in [-0.15, -0.1) is 0 Å². The van der Waals surface area contributed by atoms with Crippen LogP contribution in [0.15, 0.2) is 57.8 Å². The molecule has 0 bridgehead atoms. The van der Waals surface area contributed by atoms with Crippen molar-refractivity contribution in [3.63, 3.8) is 0 Å². The van der Waals surface area contributed by atoms with Crippen molar-refractivity contribution in [3.8, 4) is 22.8 Å². The average Bonchev–Trinajstić information content (AvgIpc) is 2.90. The van der Waals surface area contributed by atoms with Crippen LogP contribution in [0.4, 0.5) is 0 Å². The lowest BCUT2D eigenvalue weighted by atomic mass is 10.2. The number of nitrogens with zero attached hydrogens (tertiary/aromatic N) is 3. The summed E-state index contributed by atoms with van der Waals surface area (Å²) in [6, 6.07) is 11.5. The van der Waals surface area contributed by atoms with E-state index in [1.165, 1.54) is 0 Å². The van der Waals surface area contributed by atoms with Gasteiger partial charge in [0.1, 0.15) is 0 Å². The minimum atomic E-state index is 0.473. The van der Waals surface area contributed by atoms with E-state index in [2.05, 4.69) is 31.1 Å². The zero-order valence-electron chi connectivity index (χ0n) is 9.25. The summed E-state index contributed by atoms with van der Waals surface area (Å²) in [4.78, 5) is 8.37. The molecular weight excluding hydrogens is 294 g/mol. The van der Waals surface area contributed by atoms with Crippen LogP contribution in [0.25, 0.3) is 22.8 Å². The van der Waals surface area contributed by atoms with Crippen molar-refractivity contribution in [2.45, 2.75) is 0 Å². The fourth-order valence-corrected chi connectivity index (χ4v) is 1.81. The van der Waals surface area contributed by atoms with E-state index in [1.54, 1.807) is 12.4 Å². The molecule has 0 atom stereocenters. The summed E-state index contributed by atoms with van der Waals surface area (Å²) in [6.07, 6.45) is 3.40. The summed E-state index contributed by atoms with van der Waals surface area (Å²) in [5, 5.41) is 3.96. The largest absolute Gasteiger partial charge is 0.334 e. The molecule has 0 saturated carbocycles. The normalized spacial score (nSPS) is 10.5. The molecule has 0 N–H and O–H groups in total. The van der Waals surface area contributed by atoms with E-state index in [1.807, 2.05) is 36.4 Å². The molecule has 2 aromatic heterocycles. The van der Waals surface area contributed by atoms with Crippen LogP contribution in [-0.4, -0.2) is 15.1 Å². The van der Waals surface area contributed by atoms with Crippen molar-refractivity contribution in [2.24, 2.45) is 0 Å². The Bertz CT molecular complexity index is 650. The van der Waals surface area contributed by atoms with E-state index < -0.39 is 0 Å². The minimum absolute atomic E-state index is 0.473. The quantitative estimate of drug-likeness (QED) is 0.726. The van der Waals surface area contributed by atoms with Crippen LogP contribution in [0.2, 0.25) is 0 Å². The molecule has 0 aliphatic rings. The van der Waals surface area contributed by atoms with Gasteiger partial charge in [-0.25, -0.2) is 0 Å². The second kappa shape index (κ2) is 4.70. The Morgan fingerprint density at radius 1 is 1.00 bits per heavy atom. The van der Waals surface area contributed by atoms with E-state index in [4.69, 9.17) is 4.52 Å². The van der Waals surface area contributed by atoms with Crippen LogP contribution in [0, 0.1) is 0 Å². The first kappa shape index (κ1) is 11.1. The van der Waals surface area contributed by atoms with Gasteiger partial charge < -0.3 is 4.52 Å². The maximum Gasteiger partial charge on any atom is 0.259 e. The lowest BCUT2D eigenvalue weighted by molar-refractivity contribution is 0.432. The third-order valence-electron chi connectivity index (χ3n) is 2.44. The number of rotatable bonds is 2. The van der Waals surface area contributed by atoms with Crippen LogP contribution < -0.4 is 0 Å². The first-order chi connectivity index (χ1) is 8.83. The second-order valence-corrected chi connectivity index (χ2v) is 4.59. The number of pyridine rings is 1. The number of hydrogen-bond acceptors (Lipinski definition) is 4. The van der Waals surface area contributed by atoms with Crippen molar-refractivity contribution in [1.29, 1.82) is 0 Å². The molecule has 0 unspecified atom stereocenters. The Kier molecular flexibility index (Phi) is 2.90. The van der Waals surface area contributed by atoms with Gasteiger partial charge in [-0.1, -0.05) is 21.1 Å². The predicted octanol–water partition coefficient (Wildman–Crippen LogP) is 3.56. The molecule has 88 valence electrons. The van der Waals surface area contributed by atoms with Gasteiger partial charge in [0, 0.05) is 22.4 Å². The SMILES string of the molecule is Brc1ccc(-c2noc(-c3cccnc3)n2)cc1. The molecule has 5 heteroatoms. The van der Waals surface area contributed by atoms with E-state index in [9.17, 15) is 0 Å². The summed E-state index contributed by atoms with van der Waals surface area (Å²) in [7, 11) is 0. The highest BCUT2D eigenvalue weighted by molar-refractivity contribution is 9.10. The van der Waals surface area contributed by atoms with Gasteiger partial charge in [0.25, 0.3) is 5.89 Å². The lowest BCUT2D eigenvalue weighted by Gasteiger charge is -1.93. The molecule has 1 aromatic carbocycles. The standard InChI is InChI=1S/C13H8BrN3O/c14-11-5-3-9(4-6-11)12-16-13(18-17-12)10-2-1-7-15-8-10/h1-8H. The van der Waals surface area contributed by atoms with Crippen LogP contribution in [0.1, 0.15) is 0 Å². The number of hydrogen-bond donors (Lipinski definition) is 0. The fourth-order valence-electron chi connectivity index (χ4n) is 1.55. The molecule has 3 aromatic rings. The number of halogens is 1. The third kappa shape index (κ3) is 2.17. The molecule has 0 fully saturated rings. The molecule has 3 rings (SSSR count). The Balaban J connectivity index is 1.97. The topological polar surface area (TPSA) is 51.8 Å². The van der Waals surface area contributed by atoms with Gasteiger partial charge in [-0.05, 0) is 36.4 Å². The molecule has 0 amide bonds. The van der Waals surface area contributed by atoms with Crippen LogP contribution >= 0.6 is 15.9 Å². The maximum absolute atomic E-state index is 5.22. The van der Waals surface area contributed by atoms with Crippen molar-refractivity contribution < 1.29 is 4.52 Å². The summed E-state index contributed by atoms with van der Waals surface area (Å²) in [5.41, 5.74) is 1.73. The van der Waals surface area contributed by atoms with Gasteiger partial charge in [0.15, 0.2) is 0 Å². The van der Waals surface area contributed by atoms with Crippen molar-refractivity contribution in [3.05, 3.63) is 53.3 Å². The zero-order valence-corrected chi connectivity index (χ0v) is 10.8. The Morgan fingerprint density at radius 2 is 1.83 bits per heavy atom. The monoisotopic (exact) mass is 301 g/mol. The van der Waals surface area contributed by atoms with Gasteiger partial charge in [0.2, 0.25) is 5.82 Å². The summed E-state index contributed by atoms with van der Waals surface area (Å²) in [6.45, 7) is 0. The first-order valence-corrected chi connectivity index (χ1v) is 6.12. The molecule has 0 radical (unpaired) electrons. The van der Waals surface area contributed by atoms with Crippen LogP contribution in [-0.2, 0) is 0 Å². The van der Waals surface area contributed by atoms with Crippen molar-refractivity contribution in [1.82, 2.24) is 15.1 Å². The molecular formula is C13H8BrN3O. The van der Waals surface area contributed by atoms with Crippen LogP contribution in [0.3, 0.4) is 0 Å². The van der Waals surface area contributed by atoms with Gasteiger partial charge in [-0.3, -0.25) is 4.98 Å². The zero-order chi connectivity index (χ0) is 12.4. The van der Waals surface area contributed by atoms with Gasteiger partial charge in [-0.2, -0.15) is 4.98 Å². The summed E-state index contributed by atoms with van der Waals surface area (Å²) < 4.78 is 6.24. The predicted molar refractivity (Wildman–Crippen MR) is 70.7 cm³/mol. The molecule has 0 saturated heterocycles. The van der Waals surface area contributed by atoms with E-state index >= 15 is 0 Å². The smallest absolute Gasteiger partial charge is 0.259 e.